The van der Waals surface area contributed by atoms with Crippen LogP contribution in [0.1, 0.15) is 18.1 Å². The van der Waals surface area contributed by atoms with E-state index in [0.717, 1.165) is 22.6 Å². The first-order valence-corrected chi connectivity index (χ1v) is 6.31. The number of hydrogen-bond donors (Lipinski definition) is 0. The van der Waals surface area contributed by atoms with Gasteiger partial charge in [0.15, 0.2) is 0 Å². The molecule has 0 aromatic heterocycles. The fourth-order valence-electron chi connectivity index (χ4n) is 1.66. The first-order chi connectivity index (χ1) is 9.31. The summed E-state index contributed by atoms with van der Waals surface area (Å²) < 4.78 is 5.39. The van der Waals surface area contributed by atoms with Crippen LogP contribution in [-0.2, 0) is 0 Å². The number of benzene rings is 2. The summed E-state index contributed by atoms with van der Waals surface area (Å²) in [7, 11) is 0. The Hall–Kier alpha value is -2.35. The van der Waals surface area contributed by atoms with Crippen LogP contribution in [0.4, 0.5) is 5.69 Å². The minimum atomic E-state index is 0.679. The van der Waals surface area contributed by atoms with Crippen LogP contribution in [0.3, 0.4) is 0 Å². The summed E-state index contributed by atoms with van der Waals surface area (Å²) in [6, 6.07) is 15.8. The van der Waals surface area contributed by atoms with E-state index in [4.69, 9.17) is 4.74 Å². The lowest BCUT2D eigenvalue weighted by Gasteiger charge is -2.02. The van der Waals surface area contributed by atoms with Crippen LogP contribution in [0.5, 0.6) is 5.75 Å². The molecule has 2 aromatic carbocycles. The van der Waals surface area contributed by atoms with Gasteiger partial charge in [0.1, 0.15) is 5.75 Å². The molecule has 2 heteroatoms. The summed E-state index contributed by atoms with van der Waals surface area (Å²) in [4.78, 5) is 4.43. The molecule has 2 rings (SSSR count). The van der Waals surface area contributed by atoms with Crippen molar-refractivity contribution in [2.45, 2.75) is 6.92 Å². The van der Waals surface area contributed by atoms with Gasteiger partial charge in [-0.1, -0.05) is 36.9 Å². The minimum absolute atomic E-state index is 0.679. The standard InChI is InChI=1S/C17H17NO/c1-3-14-5-7-15(8-6-14)13-18-16-9-11-17(12-10-16)19-4-2/h3,5-13H,1,4H2,2H3. The Morgan fingerprint density at radius 1 is 1.00 bits per heavy atom. The van der Waals surface area contributed by atoms with Gasteiger partial charge in [0.25, 0.3) is 0 Å². The molecule has 0 N–H and O–H groups in total. The van der Waals surface area contributed by atoms with Crippen LogP contribution >= 0.6 is 0 Å². The summed E-state index contributed by atoms with van der Waals surface area (Å²) in [6.07, 6.45) is 3.68. The molecular weight excluding hydrogens is 234 g/mol. The molecule has 0 aliphatic rings. The average Bonchev–Trinajstić information content (AvgIpc) is 2.47. The molecule has 2 nitrogen and oxygen atoms in total. The van der Waals surface area contributed by atoms with Gasteiger partial charge in [-0.3, -0.25) is 4.99 Å². The summed E-state index contributed by atoms with van der Waals surface area (Å²) >= 11 is 0. The first kappa shape index (κ1) is 13.1. The van der Waals surface area contributed by atoms with Gasteiger partial charge < -0.3 is 4.74 Å². The Balaban J connectivity index is 2.06. The van der Waals surface area contributed by atoms with Crippen LogP contribution in [0.2, 0.25) is 0 Å². The highest BCUT2D eigenvalue weighted by molar-refractivity contribution is 5.82. The van der Waals surface area contributed by atoms with Crippen LogP contribution in [-0.4, -0.2) is 12.8 Å². The predicted octanol–water partition coefficient (Wildman–Crippen LogP) is 4.48. The largest absolute Gasteiger partial charge is 0.494 e. The molecule has 0 spiro atoms. The molecule has 19 heavy (non-hydrogen) atoms. The second-order valence-electron chi connectivity index (χ2n) is 4.06. The Morgan fingerprint density at radius 2 is 1.63 bits per heavy atom. The number of rotatable bonds is 5. The third-order valence-electron chi connectivity index (χ3n) is 2.68. The Labute approximate surface area is 114 Å². The lowest BCUT2D eigenvalue weighted by atomic mass is 10.1. The lowest BCUT2D eigenvalue weighted by Crippen LogP contribution is -1.89. The maximum absolute atomic E-state index is 5.39. The van der Waals surface area contributed by atoms with Crippen LogP contribution in [0, 0.1) is 0 Å². The summed E-state index contributed by atoms with van der Waals surface area (Å²) in [5.74, 6) is 0.872. The lowest BCUT2D eigenvalue weighted by molar-refractivity contribution is 0.340. The van der Waals surface area contributed by atoms with Gasteiger partial charge in [-0.25, -0.2) is 0 Å². The molecule has 0 aliphatic heterocycles. The number of ether oxygens (including phenoxy) is 1. The van der Waals surface area contributed by atoms with E-state index in [0.29, 0.717) is 6.61 Å². The van der Waals surface area contributed by atoms with Crippen molar-refractivity contribution in [2.24, 2.45) is 4.99 Å². The molecule has 0 saturated carbocycles. The molecular formula is C17H17NO. The molecule has 0 radical (unpaired) electrons. The third-order valence-corrected chi connectivity index (χ3v) is 2.68. The smallest absolute Gasteiger partial charge is 0.119 e. The Bertz CT molecular complexity index is 553. The second kappa shape index (κ2) is 6.55. The van der Waals surface area contributed by atoms with Crippen molar-refractivity contribution in [3.05, 3.63) is 66.2 Å². The van der Waals surface area contributed by atoms with Gasteiger partial charge in [0.2, 0.25) is 0 Å². The van der Waals surface area contributed by atoms with E-state index in [-0.39, 0.29) is 0 Å². The zero-order valence-electron chi connectivity index (χ0n) is 11.0. The summed E-state index contributed by atoms with van der Waals surface area (Å²) in [6.45, 7) is 6.38. The minimum Gasteiger partial charge on any atom is -0.494 e. The summed E-state index contributed by atoms with van der Waals surface area (Å²) in [5, 5.41) is 0. The molecule has 0 fully saturated rings. The highest BCUT2D eigenvalue weighted by Gasteiger charge is 1.93. The van der Waals surface area contributed by atoms with Gasteiger partial charge in [-0.2, -0.15) is 0 Å². The van der Waals surface area contributed by atoms with Crippen molar-refractivity contribution >= 4 is 18.0 Å². The molecule has 0 heterocycles. The molecule has 0 aliphatic carbocycles. The van der Waals surface area contributed by atoms with Gasteiger partial charge in [0, 0.05) is 6.21 Å². The van der Waals surface area contributed by atoms with Crippen molar-refractivity contribution in [3.8, 4) is 5.75 Å². The fraction of sp³-hybridized carbons (Fsp3) is 0.118. The quantitative estimate of drug-likeness (QED) is 0.718. The number of nitrogens with zero attached hydrogens (tertiary/aromatic N) is 1. The van der Waals surface area contributed by atoms with Crippen molar-refractivity contribution < 1.29 is 4.74 Å². The SMILES string of the molecule is C=Cc1ccc(C=Nc2ccc(OCC)cc2)cc1. The van der Waals surface area contributed by atoms with E-state index in [9.17, 15) is 0 Å². The fourth-order valence-corrected chi connectivity index (χ4v) is 1.66. The van der Waals surface area contributed by atoms with E-state index >= 15 is 0 Å². The monoisotopic (exact) mass is 251 g/mol. The van der Waals surface area contributed by atoms with Crippen molar-refractivity contribution in [1.29, 1.82) is 0 Å². The zero-order valence-corrected chi connectivity index (χ0v) is 11.0. The van der Waals surface area contributed by atoms with Crippen LogP contribution in [0.15, 0.2) is 60.1 Å². The first-order valence-electron chi connectivity index (χ1n) is 6.31. The Morgan fingerprint density at radius 3 is 2.21 bits per heavy atom. The molecule has 2 aromatic rings. The molecule has 0 amide bonds. The number of hydrogen-bond acceptors (Lipinski definition) is 2. The van der Waals surface area contributed by atoms with Gasteiger partial charge in [-0.05, 0) is 42.3 Å². The molecule has 0 saturated heterocycles. The molecule has 96 valence electrons. The number of aliphatic imine (C=N–C) groups is 1. The average molecular weight is 251 g/mol. The molecule has 0 atom stereocenters. The van der Waals surface area contributed by atoms with Gasteiger partial charge in [-0.15, -0.1) is 0 Å². The van der Waals surface area contributed by atoms with Crippen molar-refractivity contribution in [3.63, 3.8) is 0 Å². The van der Waals surface area contributed by atoms with Gasteiger partial charge in [0.05, 0.1) is 12.3 Å². The molecule has 0 bridgehead atoms. The van der Waals surface area contributed by atoms with Crippen molar-refractivity contribution in [1.82, 2.24) is 0 Å². The summed E-state index contributed by atoms with van der Waals surface area (Å²) in [5.41, 5.74) is 3.09. The Kier molecular flexibility index (Phi) is 4.51. The van der Waals surface area contributed by atoms with E-state index in [1.54, 1.807) is 0 Å². The highest BCUT2D eigenvalue weighted by Crippen LogP contribution is 2.18. The third kappa shape index (κ3) is 3.81. The zero-order chi connectivity index (χ0) is 13.5. The van der Waals surface area contributed by atoms with E-state index in [2.05, 4.69) is 11.6 Å². The predicted molar refractivity (Wildman–Crippen MR) is 81.4 cm³/mol. The second-order valence-corrected chi connectivity index (χ2v) is 4.06. The molecule has 0 unspecified atom stereocenters. The van der Waals surface area contributed by atoms with Crippen LogP contribution < -0.4 is 4.74 Å². The van der Waals surface area contributed by atoms with E-state index < -0.39 is 0 Å². The maximum Gasteiger partial charge on any atom is 0.119 e. The van der Waals surface area contributed by atoms with E-state index in [1.165, 1.54) is 0 Å². The van der Waals surface area contributed by atoms with Crippen molar-refractivity contribution in [2.75, 3.05) is 6.61 Å². The topological polar surface area (TPSA) is 21.6 Å². The van der Waals surface area contributed by atoms with Gasteiger partial charge >= 0.3 is 0 Å². The normalized spacial score (nSPS) is 10.6. The van der Waals surface area contributed by atoms with E-state index in [1.807, 2.05) is 67.7 Å². The van der Waals surface area contributed by atoms with Crippen LogP contribution in [0.25, 0.3) is 6.08 Å². The highest BCUT2D eigenvalue weighted by atomic mass is 16.5. The maximum atomic E-state index is 5.39.